The number of halogens is 2. The van der Waals surface area contributed by atoms with Crippen molar-refractivity contribution in [1.82, 2.24) is 20.3 Å². The van der Waals surface area contributed by atoms with Crippen LogP contribution in [0.1, 0.15) is 49.5 Å². The molecular formula is C25H32F2N4O3. The van der Waals surface area contributed by atoms with Gasteiger partial charge in [0, 0.05) is 51.4 Å². The fourth-order valence-electron chi connectivity index (χ4n) is 5.45. The van der Waals surface area contributed by atoms with E-state index < -0.39 is 17.5 Å². The van der Waals surface area contributed by atoms with Gasteiger partial charge in [0.25, 0.3) is 5.91 Å². The molecular weight excluding hydrogens is 442 g/mol. The highest BCUT2D eigenvalue weighted by molar-refractivity contribution is 5.94. The maximum Gasteiger partial charge on any atom is 0.273 e. The zero-order valence-electron chi connectivity index (χ0n) is 19.9. The topological polar surface area (TPSA) is 78.7 Å². The van der Waals surface area contributed by atoms with Crippen LogP contribution in [0.4, 0.5) is 8.78 Å². The standard InChI is InChI=1S/C25H32F2N4O3/c1-4-15-6-5-7-22(15)31-11-10-20(18(14-31)25(33)30(2)3)28-24(32)21-13-23(34-29-21)17-9-8-16(26)12-19(17)27/h8-9,12-13,15,18,20,22H,4-7,10-11,14H2,1-3H3,(H,28,32). The molecule has 4 unspecified atom stereocenters. The van der Waals surface area contributed by atoms with Crippen molar-refractivity contribution in [1.29, 1.82) is 0 Å². The monoisotopic (exact) mass is 474 g/mol. The fraction of sp³-hybridized carbons (Fsp3) is 0.560. The summed E-state index contributed by atoms with van der Waals surface area (Å²) >= 11 is 0. The Kier molecular flexibility index (Phi) is 7.30. The van der Waals surface area contributed by atoms with E-state index in [4.69, 9.17) is 4.52 Å². The van der Waals surface area contributed by atoms with Crippen molar-refractivity contribution >= 4 is 11.8 Å². The molecule has 4 rings (SSSR count). The molecule has 34 heavy (non-hydrogen) atoms. The molecule has 2 fully saturated rings. The predicted molar refractivity (Wildman–Crippen MR) is 123 cm³/mol. The third kappa shape index (κ3) is 4.99. The van der Waals surface area contributed by atoms with Gasteiger partial charge < -0.3 is 14.7 Å². The summed E-state index contributed by atoms with van der Waals surface area (Å²) in [5.41, 5.74) is 0.00279. The van der Waals surface area contributed by atoms with Crippen LogP contribution in [0.5, 0.6) is 0 Å². The zero-order chi connectivity index (χ0) is 24.4. The summed E-state index contributed by atoms with van der Waals surface area (Å²) in [4.78, 5) is 30.0. The summed E-state index contributed by atoms with van der Waals surface area (Å²) in [5.74, 6) is -1.69. The Bertz CT molecular complexity index is 1040. The normalized spacial score (nSPS) is 25.3. The molecule has 2 heterocycles. The van der Waals surface area contributed by atoms with Crippen LogP contribution in [0.2, 0.25) is 0 Å². The fourth-order valence-corrected chi connectivity index (χ4v) is 5.45. The van der Waals surface area contributed by atoms with Gasteiger partial charge in [-0.1, -0.05) is 24.9 Å². The van der Waals surface area contributed by atoms with E-state index in [1.807, 2.05) is 0 Å². The average Bonchev–Trinajstić information content (AvgIpc) is 3.48. The first-order valence-corrected chi connectivity index (χ1v) is 12.0. The number of carbonyl (C=O) groups is 2. The van der Waals surface area contributed by atoms with Gasteiger partial charge in [0.05, 0.1) is 11.5 Å². The summed E-state index contributed by atoms with van der Waals surface area (Å²) in [5, 5.41) is 6.73. The minimum absolute atomic E-state index is 0.0148. The predicted octanol–water partition coefficient (Wildman–Crippen LogP) is 3.71. The van der Waals surface area contributed by atoms with Crippen molar-refractivity contribution in [3.05, 3.63) is 41.6 Å². The van der Waals surface area contributed by atoms with Gasteiger partial charge in [-0.3, -0.25) is 14.5 Å². The van der Waals surface area contributed by atoms with E-state index in [0.717, 1.165) is 31.5 Å². The first kappa shape index (κ1) is 24.3. The number of piperidine rings is 1. The van der Waals surface area contributed by atoms with E-state index in [0.29, 0.717) is 24.9 Å². The molecule has 0 bridgehead atoms. The highest BCUT2D eigenvalue weighted by atomic mass is 19.1. The van der Waals surface area contributed by atoms with Gasteiger partial charge >= 0.3 is 0 Å². The molecule has 7 nitrogen and oxygen atoms in total. The molecule has 184 valence electrons. The molecule has 9 heteroatoms. The molecule has 0 radical (unpaired) electrons. The first-order chi connectivity index (χ1) is 16.3. The van der Waals surface area contributed by atoms with Crippen LogP contribution in [-0.4, -0.2) is 66.0 Å². The number of carbonyl (C=O) groups excluding carboxylic acids is 2. The third-order valence-corrected chi connectivity index (χ3v) is 7.27. The van der Waals surface area contributed by atoms with Crippen LogP contribution in [0.15, 0.2) is 28.8 Å². The van der Waals surface area contributed by atoms with Crippen LogP contribution in [0, 0.1) is 23.5 Å². The number of benzene rings is 1. The number of hydrogen-bond donors (Lipinski definition) is 1. The lowest BCUT2D eigenvalue weighted by atomic mass is 9.88. The lowest BCUT2D eigenvalue weighted by Gasteiger charge is -2.43. The van der Waals surface area contributed by atoms with Gasteiger partial charge in [0.2, 0.25) is 5.91 Å². The second-order valence-electron chi connectivity index (χ2n) is 9.57. The summed E-state index contributed by atoms with van der Waals surface area (Å²) in [7, 11) is 3.46. The Morgan fingerprint density at radius 3 is 2.71 bits per heavy atom. The Morgan fingerprint density at radius 1 is 1.21 bits per heavy atom. The second-order valence-corrected chi connectivity index (χ2v) is 9.57. The summed E-state index contributed by atoms with van der Waals surface area (Å²) in [6.45, 7) is 3.64. The van der Waals surface area contributed by atoms with Crippen LogP contribution < -0.4 is 5.32 Å². The Morgan fingerprint density at radius 2 is 2.00 bits per heavy atom. The molecule has 1 N–H and O–H groups in total. The number of hydrogen-bond acceptors (Lipinski definition) is 5. The van der Waals surface area contributed by atoms with Gasteiger partial charge in [-0.2, -0.15) is 0 Å². The molecule has 2 aliphatic rings. The Labute approximate surface area is 198 Å². The van der Waals surface area contributed by atoms with Crippen molar-refractivity contribution < 1.29 is 22.9 Å². The maximum atomic E-state index is 14.1. The van der Waals surface area contributed by atoms with Crippen LogP contribution >= 0.6 is 0 Å². The highest BCUT2D eigenvalue weighted by Gasteiger charge is 2.41. The van der Waals surface area contributed by atoms with Gasteiger partial charge in [0.1, 0.15) is 11.6 Å². The van der Waals surface area contributed by atoms with Crippen molar-refractivity contribution in [2.75, 3.05) is 27.2 Å². The van der Waals surface area contributed by atoms with Crippen molar-refractivity contribution in [2.45, 2.75) is 51.1 Å². The third-order valence-electron chi connectivity index (χ3n) is 7.27. The molecule has 1 saturated heterocycles. The molecule has 1 aromatic heterocycles. The summed E-state index contributed by atoms with van der Waals surface area (Å²) in [6.07, 6.45) is 5.39. The number of aromatic nitrogens is 1. The number of nitrogens with one attached hydrogen (secondary N) is 1. The van der Waals surface area contributed by atoms with Crippen LogP contribution in [0.25, 0.3) is 11.3 Å². The van der Waals surface area contributed by atoms with Crippen molar-refractivity contribution in [3.63, 3.8) is 0 Å². The molecule has 1 aromatic carbocycles. The van der Waals surface area contributed by atoms with E-state index in [2.05, 4.69) is 22.3 Å². The number of likely N-dealkylation sites (tertiary alicyclic amines) is 1. The lowest BCUT2D eigenvalue weighted by Crippen LogP contribution is -2.58. The van der Waals surface area contributed by atoms with E-state index >= 15 is 0 Å². The van der Waals surface area contributed by atoms with E-state index in [-0.39, 0.29) is 34.9 Å². The maximum absolute atomic E-state index is 14.1. The van der Waals surface area contributed by atoms with Crippen molar-refractivity contribution in [3.8, 4) is 11.3 Å². The van der Waals surface area contributed by atoms with Gasteiger partial charge in [0.15, 0.2) is 11.5 Å². The van der Waals surface area contributed by atoms with E-state index in [9.17, 15) is 18.4 Å². The highest BCUT2D eigenvalue weighted by Crippen LogP contribution is 2.35. The number of nitrogens with zero attached hydrogens (tertiary/aromatic N) is 3. The average molecular weight is 475 g/mol. The minimum atomic E-state index is -0.801. The molecule has 4 atom stereocenters. The van der Waals surface area contributed by atoms with Gasteiger partial charge in [-0.05, 0) is 37.3 Å². The minimum Gasteiger partial charge on any atom is -0.355 e. The Hall–Kier alpha value is -2.81. The Balaban J connectivity index is 1.48. The van der Waals surface area contributed by atoms with Gasteiger partial charge in [-0.25, -0.2) is 8.78 Å². The van der Waals surface area contributed by atoms with Crippen molar-refractivity contribution in [2.24, 2.45) is 11.8 Å². The van der Waals surface area contributed by atoms with Crippen LogP contribution in [0.3, 0.4) is 0 Å². The quantitative estimate of drug-likeness (QED) is 0.691. The second kappa shape index (κ2) is 10.2. The van der Waals surface area contributed by atoms with E-state index in [1.165, 1.54) is 25.0 Å². The molecule has 2 aromatic rings. The zero-order valence-corrected chi connectivity index (χ0v) is 19.9. The lowest BCUT2D eigenvalue weighted by molar-refractivity contribution is -0.136. The molecule has 0 spiro atoms. The van der Waals surface area contributed by atoms with Crippen LogP contribution in [-0.2, 0) is 4.79 Å². The largest absolute Gasteiger partial charge is 0.355 e. The molecule has 2 amide bonds. The molecule has 1 saturated carbocycles. The summed E-state index contributed by atoms with van der Waals surface area (Å²) in [6, 6.07) is 4.57. The smallest absolute Gasteiger partial charge is 0.273 e. The number of rotatable bonds is 6. The van der Waals surface area contributed by atoms with Gasteiger partial charge in [-0.15, -0.1) is 0 Å². The summed E-state index contributed by atoms with van der Waals surface area (Å²) < 4.78 is 32.4. The molecule has 1 aliphatic heterocycles. The molecule has 1 aliphatic carbocycles. The SMILES string of the molecule is CCC1CCCC1N1CCC(NC(=O)c2cc(-c3ccc(F)cc3F)on2)C(C(=O)N(C)C)C1. The first-order valence-electron chi connectivity index (χ1n) is 12.0. The number of amides is 2. The van der Waals surface area contributed by atoms with E-state index in [1.54, 1.807) is 19.0 Å².